The van der Waals surface area contributed by atoms with Gasteiger partial charge in [-0.25, -0.2) is 8.42 Å². The molecule has 6 nitrogen and oxygen atoms in total. The Hall–Kier alpha value is -1.03. The molecule has 3 N–H and O–H groups in total. The van der Waals surface area contributed by atoms with Gasteiger partial charge in [-0.3, -0.25) is 4.79 Å². The Labute approximate surface area is 134 Å². The van der Waals surface area contributed by atoms with Gasteiger partial charge in [0.15, 0.2) is 0 Å². The normalized spacial score (nSPS) is 11.9. The van der Waals surface area contributed by atoms with E-state index < -0.39 is 10.0 Å². The van der Waals surface area contributed by atoms with E-state index in [1.165, 1.54) is 6.07 Å². The second kappa shape index (κ2) is 7.30. The molecule has 0 unspecified atom stereocenters. The molecule has 1 aromatic rings. The Morgan fingerprint density at radius 2 is 2.10 bits per heavy atom. The molecule has 0 aliphatic rings. The molecule has 1 heterocycles. The maximum atomic E-state index is 12.5. The van der Waals surface area contributed by atoms with Gasteiger partial charge in [0.25, 0.3) is 10.0 Å². The van der Waals surface area contributed by atoms with Crippen LogP contribution in [0.3, 0.4) is 0 Å². The van der Waals surface area contributed by atoms with Gasteiger partial charge >= 0.3 is 0 Å². The lowest BCUT2D eigenvalue weighted by molar-refractivity contribution is -0.121. The van der Waals surface area contributed by atoms with Gasteiger partial charge in [0, 0.05) is 12.6 Å². The summed E-state index contributed by atoms with van der Waals surface area (Å²) in [6, 6.07) is 2.99. The van der Waals surface area contributed by atoms with Crippen LogP contribution in [0.25, 0.3) is 0 Å². The maximum Gasteiger partial charge on any atom is 0.253 e. The number of sulfonamides is 1. The predicted octanol–water partition coefficient (Wildman–Crippen LogP) is 0.917. The number of amides is 1. The molecule has 0 spiro atoms. The molecule has 0 saturated heterocycles. The number of likely N-dealkylation sites (N-methyl/N-ethyl adjacent to an activating group) is 1. The first-order valence-electron chi connectivity index (χ1n) is 6.37. The average molecular weight is 350 g/mol. The van der Waals surface area contributed by atoms with Gasteiger partial charge in [0.1, 0.15) is 9.20 Å². The maximum absolute atomic E-state index is 12.5. The Balaban J connectivity index is 2.96. The summed E-state index contributed by atoms with van der Waals surface area (Å²) in [5.74, 6) is -0.332. The highest BCUT2D eigenvalue weighted by atomic mass is 32.2. The fourth-order valence-electron chi connectivity index (χ4n) is 1.61. The average Bonchev–Trinajstić information content (AvgIpc) is 2.85. The Kier molecular flexibility index (Phi) is 6.26. The second-order valence-corrected chi connectivity index (χ2v) is 8.32. The zero-order chi connectivity index (χ0) is 16.2. The van der Waals surface area contributed by atoms with Crippen molar-refractivity contribution in [3.8, 4) is 0 Å². The smallest absolute Gasteiger partial charge is 0.253 e. The van der Waals surface area contributed by atoms with Crippen LogP contribution < -0.4 is 11.1 Å². The minimum atomic E-state index is -3.72. The van der Waals surface area contributed by atoms with Crippen LogP contribution in [0, 0.1) is 0 Å². The van der Waals surface area contributed by atoms with E-state index in [-0.39, 0.29) is 34.2 Å². The minimum absolute atomic E-state index is 0.0399. The van der Waals surface area contributed by atoms with Crippen LogP contribution in [-0.2, 0) is 14.8 Å². The van der Waals surface area contributed by atoms with E-state index in [2.05, 4.69) is 5.32 Å². The number of hydrogen-bond acceptors (Lipinski definition) is 5. The first-order valence-corrected chi connectivity index (χ1v) is 9.04. The molecule has 0 saturated carbocycles. The first kappa shape index (κ1) is 18.0. The van der Waals surface area contributed by atoms with Gasteiger partial charge in [-0.1, -0.05) is 19.1 Å². The van der Waals surface area contributed by atoms with Gasteiger partial charge in [-0.15, -0.1) is 11.3 Å². The monoisotopic (exact) mass is 349 g/mol. The van der Waals surface area contributed by atoms with Crippen LogP contribution in [0.4, 0.5) is 0 Å². The van der Waals surface area contributed by atoms with E-state index in [0.717, 1.165) is 15.6 Å². The van der Waals surface area contributed by atoms with Crippen molar-refractivity contribution in [2.24, 2.45) is 5.73 Å². The standard InChI is InChI=1S/C12H19N3O3S3/c1-4-15(7-10(16)14-8(2)3)21(17,18)11-6-5-9(20-11)12(13)19/h5-6,8H,4,7H2,1-3H3,(H2,13,19)(H,14,16). The summed E-state index contributed by atoms with van der Waals surface area (Å²) in [5, 5.41) is 2.67. The van der Waals surface area contributed by atoms with Crippen LogP contribution >= 0.6 is 23.6 Å². The van der Waals surface area contributed by atoms with E-state index in [1.54, 1.807) is 13.0 Å². The molecule has 21 heavy (non-hydrogen) atoms. The topological polar surface area (TPSA) is 92.5 Å². The van der Waals surface area contributed by atoms with Crippen molar-refractivity contribution < 1.29 is 13.2 Å². The van der Waals surface area contributed by atoms with Gasteiger partial charge < -0.3 is 11.1 Å². The van der Waals surface area contributed by atoms with E-state index in [9.17, 15) is 13.2 Å². The van der Waals surface area contributed by atoms with Gasteiger partial charge in [0.05, 0.1) is 11.4 Å². The quantitative estimate of drug-likeness (QED) is 0.714. The molecule has 1 rings (SSSR count). The van der Waals surface area contributed by atoms with Gasteiger partial charge in [-0.2, -0.15) is 4.31 Å². The number of carbonyl (C=O) groups is 1. The van der Waals surface area contributed by atoms with E-state index in [1.807, 2.05) is 13.8 Å². The summed E-state index contributed by atoms with van der Waals surface area (Å²) >= 11 is 5.83. The fourth-order valence-corrected chi connectivity index (χ4v) is 4.52. The molecule has 0 bridgehead atoms. The highest BCUT2D eigenvalue weighted by molar-refractivity contribution is 7.91. The third kappa shape index (κ3) is 4.73. The first-order chi connectivity index (χ1) is 9.68. The number of rotatable bonds is 7. The van der Waals surface area contributed by atoms with Crippen molar-refractivity contribution in [2.45, 2.75) is 31.0 Å². The summed E-state index contributed by atoms with van der Waals surface area (Å²) in [6.45, 7) is 5.31. The fraction of sp³-hybridized carbons (Fsp3) is 0.500. The number of nitrogens with one attached hydrogen (secondary N) is 1. The van der Waals surface area contributed by atoms with E-state index >= 15 is 0 Å². The molecule has 0 aliphatic heterocycles. The summed E-state index contributed by atoms with van der Waals surface area (Å²) in [6.07, 6.45) is 0. The Morgan fingerprint density at radius 3 is 2.52 bits per heavy atom. The number of nitrogens with two attached hydrogens (primary N) is 1. The van der Waals surface area contributed by atoms with E-state index in [0.29, 0.717) is 4.88 Å². The molecule has 118 valence electrons. The minimum Gasteiger partial charge on any atom is -0.389 e. The lowest BCUT2D eigenvalue weighted by atomic mass is 10.4. The van der Waals surface area contributed by atoms with Crippen molar-refractivity contribution in [1.82, 2.24) is 9.62 Å². The molecule has 0 atom stereocenters. The Morgan fingerprint density at radius 1 is 1.48 bits per heavy atom. The molecular formula is C12H19N3O3S3. The highest BCUT2D eigenvalue weighted by Crippen LogP contribution is 2.24. The van der Waals surface area contributed by atoms with E-state index in [4.69, 9.17) is 18.0 Å². The third-order valence-corrected chi connectivity index (χ3v) is 6.40. The number of thiocarbonyl (C=S) groups is 1. The molecule has 1 amide bonds. The molecule has 0 radical (unpaired) electrons. The molecule has 0 aliphatic carbocycles. The van der Waals surface area contributed by atoms with Crippen LogP contribution in [0.15, 0.2) is 16.3 Å². The van der Waals surface area contributed by atoms with Crippen LogP contribution in [0.2, 0.25) is 0 Å². The second-order valence-electron chi connectivity index (χ2n) is 4.64. The van der Waals surface area contributed by atoms with Crippen molar-refractivity contribution in [2.75, 3.05) is 13.1 Å². The summed E-state index contributed by atoms with van der Waals surface area (Å²) in [5.41, 5.74) is 5.48. The lowest BCUT2D eigenvalue weighted by Crippen LogP contribution is -2.42. The zero-order valence-corrected chi connectivity index (χ0v) is 14.6. The molecule has 9 heteroatoms. The van der Waals surface area contributed by atoms with Gasteiger partial charge in [-0.05, 0) is 26.0 Å². The predicted molar refractivity (Wildman–Crippen MR) is 87.9 cm³/mol. The molecular weight excluding hydrogens is 330 g/mol. The van der Waals surface area contributed by atoms with Crippen molar-refractivity contribution in [3.05, 3.63) is 17.0 Å². The van der Waals surface area contributed by atoms with Crippen molar-refractivity contribution >= 4 is 44.5 Å². The van der Waals surface area contributed by atoms with Crippen LogP contribution in [0.5, 0.6) is 0 Å². The number of nitrogens with zero attached hydrogens (tertiary/aromatic N) is 1. The Bertz CT molecular complexity index is 623. The summed E-state index contributed by atoms with van der Waals surface area (Å²) < 4.78 is 26.2. The molecule has 0 fully saturated rings. The summed E-state index contributed by atoms with van der Waals surface area (Å²) in [7, 11) is -3.72. The zero-order valence-electron chi connectivity index (χ0n) is 12.1. The highest BCUT2D eigenvalue weighted by Gasteiger charge is 2.27. The van der Waals surface area contributed by atoms with Crippen molar-refractivity contribution in [3.63, 3.8) is 0 Å². The third-order valence-electron chi connectivity index (χ3n) is 2.54. The largest absolute Gasteiger partial charge is 0.389 e. The number of carbonyl (C=O) groups excluding carboxylic acids is 1. The number of thiophene rings is 1. The summed E-state index contributed by atoms with van der Waals surface area (Å²) in [4.78, 5) is 12.4. The van der Waals surface area contributed by atoms with Crippen LogP contribution in [-0.4, -0.2) is 42.8 Å². The number of hydrogen-bond donors (Lipinski definition) is 2. The van der Waals surface area contributed by atoms with Crippen molar-refractivity contribution in [1.29, 1.82) is 0 Å². The lowest BCUT2D eigenvalue weighted by Gasteiger charge is -2.19. The SMILES string of the molecule is CCN(CC(=O)NC(C)C)S(=O)(=O)c1ccc(C(N)=S)s1. The van der Waals surface area contributed by atoms with Crippen LogP contribution in [0.1, 0.15) is 25.6 Å². The van der Waals surface area contributed by atoms with Gasteiger partial charge in [0.2, 0.25) is 5.91 Å². The molecule has 0 aromatic carbocycles. The molecule has 1 aromatic heterocycles.